The van der Waals surface area contributed by atoms with Crippen LogP contribution < -0.4 is 0 Å². The van der Waals surface area contributed by atoms with Crippen LogP contribution >= 0.6 is 0 Å². The van der Waals surface area contributed by atoms with Gasteiger partial charge in [0, 0.05) is 72.5 Å². The molecule has 0 atom stereocenters. The molecule has 11 nitrogen and oxygen atoms in total. The van der Waals surface area contributed by atoms with Crippen molar-refractivity contribution < 1.29 is 52.5 Å². The number of benzene rings is 1. The Bertz CT molecular complexity index is 911. The van der Waals surface area contributed by atoms with Crippen LogP contribution in [0.4, 0.5) is 0 Å². The van der Waals surface area contributed by atoms with Crippen LogP contribution in [0.5, 0.6) is 5.75 Å². The fourth-order valence-corrected chi connectivity index (χ4v) is 6.34. The van der Waals surface area contributed by atoms with Gasteiger partial charge in [0.1, 0.15) is 5.75 Å². The Hall–Kier alpha value is -1.38. The Balaban J connectivity index is 4.91. The van der Waals surface area contributed by atoms with Crippen LogP contribution in [-0.2, 0) is 53.2 Å². The van der Waals surface area contributed by atoms with Gasteiger partial charge in [-0.3, -0.25) is 0 Å². The summed E-state index contributed by atoms with van der Waals surface area (Å²) >= 11 is 0. The summed E-state index contributed by atoms with van der Waals surface area (Å²) < 4.78 is 68.1. The number of phenols is 1. The normalized spacial score (nSPS) is 13.5. The molecule has 0 unspecified atom stereocenters. The molecule has 46 heavy (non-hydrogen) atoms. The fourth-order valence-electron chi connectivity index (χ4n) is 6.34. The SMILES string of the molecule is CCCCC(OCC)(OCC)C(OCC)(OCC)C(OCC)(OCC)C(OCC)(OCC)C(OCC)(OCC)c1ccccc1O. The molecule has 11 heteroatoms. The molecule has 0 aliphatic heterocycles. The van der Waals surface area contributed by atoms with Gasteiger partial charge < -0.3 is 52.5 Å². The lowest BCUT2D eigenvalue weighted by molar-refractivity contribution is -0.579. The molecule has 1 rings (SSSR count). The van der Waals surface area contributed by atoms with E-state index in [9.17, 15) is 5.11 Å². The number of aromatic hydroxyl groups is 1. The van der Waals surface area contributed by atoms with Crippen molar-refractivity contribution in [2.75, 3.05) is 66.1 Å². The van der Waals surface area contributed by atoms with Gasteiger partial charge in [0.25, 0.3) is 23.1 Å². The van der Waals surface area contributed by atoms with Crippen molar-refractivity contribution in [3.8, 4) is 5.75 Å². The summed E-state index contributed by atoms with van der Waals surface area (Å²) in [4.78, 5) is 0. The molecular weight excluding hydrogens is 596 g/mol. The lowest BCUT2D eigenvalue weighted by atomic mass is 9.78. The highest BCUT2D eigenvalue weighted by molar-refractivity contribution is 5.39. The maximum Gasteiger partial charge on any atom is 0.291 e. The summed E-state index contributed by atoms with van der Waals surface area (Å²) in [5, 5.41) is 11.5. The molecule has 0 radical (unpaired) electrons. The lowest BCUT2D eigenvalue weighted by Crippen LogP contribution is -2.85. The number of para-hydroxylation sites is 1. The number of rotatable bonds is 28. The molecule has 0 aliphatic carbocycles. The molecule has 0 spiro atoms. The van der Waals surface area contributed by atoms with Crippen molar-refractivity contribution in [2.45, 2.75) is 124 Å². The monoisotopic (exact) mass is 660 g/mol. The fraction of sp³-hybridized carbons (Fsp3) is 0.829. The Morgan fingerprint density at radius 1 is 0.457 bits per heavy atom. The topological polar surface area (TPSA) is 113 Å². The molecule has 0 bridgehead atoms. The summed E-state index contributed by atoms with van der Waals surface area (Å²) in [6, 6.07) is 6.75. The second kappa shape index (κ2) is 20.9. The summed E-state index contributed by atoms with van der Waals surface area (Å²) in [5.74, 6) is -10.2. The van der Waals surface area contributed by atoms with Crippen LogP contribution in [0.3, 0.4) is 0 Å². The molecule has 0 fully saturated rings. The van der Waals surface area contributed by atoms with Gasteiger partial charge in [0.15, 0.2) is 0 Å². The number of hydrogen-bond acceptors (Lipinski definition) is 11. The number of unbranched alkanes of at least 4 members (excludes halogenated alkanes) is 1. The van der Waals surface area contributed by atoms with E-state index in [1.165, 1.54) is 0 Å². The zero-order valence-corrected chi connectivity index (χ0v) is 30.5. The van der Waals surface area contributed by atoms with Crippen molar-refractivity contribution in [3.05, 3.63) is 29.8 Å². The summed E-state index contributed by atoms with van der Waals surface area (Å²) in [5.41, 5.74) is 0.234. The number of phenolic OH excluding ortho intramolecular Hbond substituents is 1. The molecule has 0 saturated heterocycles. The summed E-state index contributed by atoms with van der Waals surface area (Å²) in [7, 11) is 0. The molecular formula is C35H64O11. The van der Waals surface area contributed by atoms with Gasteiger partial charge in [-0.1, -0.05) is 25.5 Å². The molecule has 0 saturated carbocycles. The quantitative estimate of drug-likeness (QED) is 0.0949. The van der Waals surface area contributed by atoms with Crippen LogP contribution in [0.15, 0.2) is 24.3 Å². The van der Waals surface area contributed by atoms with Crippen LogP contribution in [0.1, 0.15) is 101 Å². The molecule has 0 heterocycles. The van der Waals surface area contributed by atoms with Crippen molar-refractivity contribution in [1.82, 2.24) is 0 Å². The first-order valence-electron chi connectivity index (χ1n) is 17.4. The van der Waals surface area contributed by atoms with E-state index in [0.29, 0.717) is 12.8 Å². The number of ether oxygens (including phenoxy) is 10. The molecule has 0 aliphatic rings. The van der Waals surface area contributed by atoms with E-state index in [2.05, 4.69) is 6.92 Å². The molecule has 1 aromatic carbocycles. The third kappa shape index (κ3) is 7.91. The van der Waals surface area contributed by atoms with Gasteiger partial charge >= 0.3 is 0 Å². The van der Waals surface area contributed by atoms with E-state index in [-0.39, 0.29) is 77.4 Å². The molecule has 0 amide bonds. The van der Waals surface area contributed by atoms with Crippen molar-refractivity contribution in [3.63, 3.8) is 0 Å². The van der Waals surface area contributed by atoms with E-state index in [0.717, 1.165) is 6.42 Å². The van der Waals surface area contributed by atoms with E-state index in [1.54, 1.807) is 24.3 Å². The molecule has 270 valence electrons. The van der Waals surface area contributed by atoms with E-state index >= 15 is 0 Å². The average Bonchev–Trinajstić information content (AvgIpc) is 3.03. The van der Waals surface area contributed by atoms with E-state index < -0.39 is 28.9 Å². The second-order valence-electron chi connectivity index (χ2n) is 10.2. The lowest BCUT2D eigenvalue weighted by Gasteiger charge is -2.63. The third-order valence-electron chi connectivity index (χ3n) is 7.46. The summed E-state index contributed by atoms with van der Waals surface area (Å²) in [6.45, 7) is 21.9. The smallest absolute Gasteiger partial charge is 0.291 e. The van der Waals surface area contributed by atoms with Gasteiger partial charge in [-0.25, -0.2) is 0 Å². The maximum absolute atomic E-state index is 11.5. The van der Waals surface area contributed by atoms with Crippen LogP contribution in [0, 0.1) is 0 Å². The van der Waals surface area contributed by atoms with E-state index in [4.69, 9.17) is 47.4 Å². The molecule has 1 N–H and O–H groups in total. The highest BCUT2D eigenvalue weighted by atomic mass is 16.9. The average molecular weight is 661 g/mol. The standard InChI is InChI=1S/C35H64O11/c1-12-23-28-31(37-13-2,38-14-3)33(41-17-6,42-18-7)35(45-21-10,46-22-11)34(43-19-8,44-20-9)32(39-15-4,40-16-5)29-26-24-25-27-30(29)36/h24-27,36H,12-23,28H2,1-11H3. The predicted molar refractivity (Wildman–Crippen MR) is 176 cm³/mol. The van der Waals surface area contributed by atoms with Crippen LogP contribution in [-0.4, -0.2) is 94.3 Å². The van der Waals surface area contributed by atoms with Crippen molar-refractivity contribution in [1.29, 1.82) is 0 Å². The first-order chi connectivity index (χ1) is 22.2. The zero-order valence-electron chi connectivity index (χ0n) is 30.5. The minimum atomic E-state index is -2.20. The molecule has 1 aromatic rings. The highest BCUT2D eigenvalue weighted by Gasteiger charge is 2.84. The van der Waals surface area contributed by atoms with Crippen LogP contribution in [0.25, 0.3) is 0 Å². The minimum Gasteiger partial charge on any atom is -0.507 e. The predicted octanol–water partition coefficient (Wildman–Crippen LogP) is 6.89. The first kappa shape index (κ1) is 42.6. The summed E-state index contributed by atoms with van der Waals surface area (Å²) in [6.07, 6.45) is 1.86. The maximum atomic E-state index is 11.5. The number of hydrogen-bond donors (Lipinski definition) is 1. The van der Waals surface area contributed by atoms with Crippen molar-refractivity contribution in [2.24, 2.45) is 0 Å². The minimum absolute atomic E-state index is 0.0803. The Morgan fingerprint density at radius 2 is 0.826 bits per heavy atom. The van der Waals surface area contributed by atoms with E-state index in [1.807, 2.05) is 69.2 Å². The highest BCUT2D eigenvalue weighted by Crippen LogP contribution is 2.59. The molecule has 0 aromatic heterocycles. The Morgan fingerprint density at radius 3 is 1.20 bits per heavy atom. The third-order valence-corrected chi connectivity index (χ3v) is 7.46. The van der Waals surface area contributed by atoms with Gasteiger partial charge in [-0.2, -0.15) is 0 Å². The van der Waals surface area contributed by atoms with Crippen LogP contribution in [0.2, 0.25) is 0 Å². The Labute approximate surface area is 278 Å². The van der Waals surface area contributed by atoms with Gasteiger partial charge in [0.2, 0.25) is 5.79 Å². The zero-order chi connectivity index (χ0) is 34.7. The second-order valence-corrected chi connectivity index (χ2v) is 10.2. The first-order valence-corrected chi connectivity index (χ1v) is 17.4. The Kier molecular flexibility index (Phi) is 19.3. The van der Waals surface area contributed by atoms with Gasteiger partial charge in [-0.15, -0.1) is 0 Å². The van der Waals surface area contributed by atoms with Gasteiger partial charge in [-0.05, 0) is 87.8 Å². The van der Waals surface area contributed by atoms with Crippen molar-refractivity contribution >= 4 is 0 Å². The largest absolute Gasteiger partial charge is 0.507 e. The van der Waals surface area contributed by atoms with Gasteiger partial charge in [0.05, 0.1) is 5.56 Å².